The van der Waals surface area contributed by atoms with Crippen LogP contribution >= 0.6 is 11.8 Å². The van der Waals surface area contributed by atoms with E-state index in [0.717, 1.165) is 0 Å². The molecule has 1 aromatic heterocycles. The third kappa shape index (κ3) is 4.20. The fourth-order valence-corrected chi connectivity index (χ4v) is 3.20. The number of nitrogens with one attached hydrogen (secondary N) is 1. The predicted octanol–water partition coefficient (Wildman–Crippen LogP) is 2.80. The van der Waals surface area contributed by atoms with Gasteiger partial charge in [-0.15, -0.1) is 5.10 Å². The largest absolute Gasteiger partial charge is 0.495 e. The lowest BCUT2D eigenvalue weighted by atomic mass is 10.3. The van der Waals surface area contributed by atoms with E-state index in [9.17, 15) is 4.79 Å². The molecule has 0 aliphatic carbocycles. The van der Waals surface area contributed by atoms with E-state index in [-0.39, 0.29) is 5.91 Å². The van der Waals surface area contributed by atoms with Crippen LogP contribution in [0.3, 0.4) is 0 Å². The zero-order valence-electron chi connectivity index (χ0n) is 15.1. The number of hydrogen-bond acceptors (Lipinski definition) is 7. The molecule has 0 spiro atoms. The molecular weight excluding hydrogens is 366 g/mol. The first-order chi connectivity index (χ1) is 13.1. The van der Waals surface area contributed by atoms with Crippen LogP contribution in [-0.4, -0.2) is 45.6 Å². The second kappa shape index (κ2) is 8.54. The lowest BCUT2D eigenvalue weighted by molar-refractivity contribution is -0.115. The normalized spacial score (nSPS) is 11.7. The van der Waals surface area contributed by atoms with Gasteiger partial charge >= 0.3 is 0 Å². The van der Waals surface area contributed by atoms with Gasteiger partial charge in [0.25, 0.3) is 0 Å². The molecule has 0 aliphatic rings. The molecular formula is C18H19N5O3S. The molecule has 0 saturated carbocycles. The standard InChI is InChI=1S/C18H19N5O3S/c1-12(17(24)19-13-8-4-6-10-15(13)25-2)27-18-20-21-22-23(18)14-9-5-7-11-16(14)26-3/h4-12H,1-3H3,(H,19,24). The van der Waals surface area contributed by atoms with Crippen molar-refractivity contribution in [2.75, 3.05) is 19.5 Å². The Morgan fingerprint density at radius 1 is 1.07 bits per heavy atom. The smallest absolute Gasteiger partial charge is 0.237 e. The van der Waals surface area contributed by atoms with Crippen molar-refractivity contribution in [1.29, 1.82) is 0 Å². The molecule has 0 fully saturated rings. The minimum absolute atomic E-state index is 0.181. The van der Waals surface area contributed by atoms with Crippen LogP contribution in [0, 0.1) is 0 Å². The third-order valence-electron chi connectivity index (χ3n) is 3.77. The molecule has 1 amide bonds. The first-order valence-electron chi connectivity index (χ1n) is 8.16. The summed E-state index contributed by atoms with van der Waals surface area (Å²) in [7, 11) is 3.14. The molecule has 140 valence electrons. The Bertz CT molecular complexity index is 931. The Balaban J connectivity index is 1.76. The summed E-state index contributed by atoms with van der Waals surface area (Å²) in [5.41, 5.74) is 1.31. The van der Waals surface area contributed by atoms with Gasteiger partial charge in [-0.2, -0.15) is 4.68 Å². The monoisotopic (exact) mass is 385 g/mol. The number of thioether (sulfide) groups is 1. The Morgan fingerprint density at radius 2 is 1.74 bits per heavy atom. The summed E-state index contributed by atoms with van der Waals surface area (Å²) in [6.45, 7) is 1.79. The first kappa shape index (κ1) is 18.7. The number of tetrazole rings is 1. The molecule has 0 aliphatic heterocycles. The number of nitrogens with zero attached hydrogens (tertiary/aromatic N) is 4. The average molecular weight is 385 g/mol. The number of benzene rings is 2. The molecule has 3 aromatic rings. The van der Waals surface area contributed by atoms with Gasteiger partial charge in [0.2, 0.25) is 11.1 Å². The fourth-order valence-electron chi connectivity index (χ4n) is 2.40. The van der Waals surface area contributed by atoms with E-state index in [0.29, 0.717) is 28.0 Å². The number of anilines is 1. The second-order valence-corrected chi connectivity index (χ2v) is 6.80. The van der Waals surface area contributed by atoms with E-state index < -0.39 is 5.25 Å². The molecule has 1 unspecified atom stereocenters. The van der Waals surface area contributed by atoms with E-state index in [1.54, 1.807) is 38.0 Å². The number of amides is 1. The van der Waals surface area contributed by atoms with Crippen LogP contribution in [0.4, 0.5) is 5.69 Å². The van der Waals surface area contributed by atoms with E-state index in [2.05, 4.69) is 20.8 Å². The van der Waals surface area contributed by atoms with Crippen molar-refractivity contribution in [2.24, 2.45) is 0 Å². The Kier molecular flexibility index (Phi) is 5.92. The van der Waals surface area contributed by atoms with Crippen molar-refractivity contribution in [2.45, 2.75) is 17.3 Å². The summed E-state index contributed by atoms with van der Waals surface area (Å²) in [5, 5.41) is 14.7. The van der Waals surface area contributed by atoms with Gasteiger partial charge in [0, 0.05) is 0 Å². The van der Waals surface area contributed by atoms with Gasteiger partial charge in [-0.05, 0) is 41.6 Å². The summed E-state index contributed by atoms with van der Waals surface area (Å²) in [4.78, 5) is 12.6. The lowest BCUT2D eigenvalue weighted by Gasteiger charge is -2.14. The molecule has 27 heavy (non-hydrogen) atoms. The van der Waals surface area contributed by atoms with E-state index in [1.165, 1.54) is 11.8 Å². The van der Waals surface area contributed by atoms with Crippen molar-refractivity contribution in [1.82, 2.24) is 20.2 Å². The maximum Gasteiger partial charge on any atom is 0.237 e. The average Bonchev–Trinajstić information content (AvgIpc) is 3.16. The van der Waals surface area contributed by atoms with Crippen LogP contribution in [-0.2, 0) is 4.79 Å². The van der Waals surface area contributed by atoms with E-state index in [1.807, 2.05) is 36.4 Å². The van der Waals surface area contributed by atoms with Crippen molar-refractivity contribution in [3.8, 4) is 17.2 Å². The summed E-state index contributed by atoms with van der Waals surface area (Å²) in [5.74, 6) is 1.05. The van der Waals surface area contributed by atoms with Crippen molar-refractivity contribution >= 4 is 23.4 Å². The molecule has 9 heteroatoms. The quantitative estimate of drug-likeness (QED) is 0.625. The zero-order chi connectivity index (χ0) is 19.2. The summed E-state index contributed by atoms with van der Waals surface area (Å²) in [6.07, 6.45) is 0. The molecule has 1 N–H and O–H groups in total. The van der Waals surface area contributed by atoms with Gasteiger partial charge in [0.15, 0.2) is 0 Å². The maximum atomic E-state index is 12.6. The number of rotatable bonds is 7. The SMILES string of the molecule is COc1ccccc1NC(=O)C(C)Sc1nnnn1-c1ccccc1OC. The fraction of sp³-hybridized carbons (Fsp3) is 0.222. The Morgan fingerprint density at radius 3 is 2.48 bits per heavy atom. The highest BCUT2D eigenvalue weighted by molar-refractivity contribution is 8.00. The van der Waals surface area contributed by atoms with Gasteiger partial charge in [-0.3, -0.25) is 4.79 Å². The number of aromatic nitrogens is 4. The molecule has 1 heterocycles. The number of ether oxygens (including phenoxy) is 2. The number of methoxy groups -OCH3 is 2. The zero-order valence-corrected chi connectivity index (χ0v) is 15.9. The second-order valence-electron chi connectivity index (χ2n) is 5.49. The number of hydrogen-bond donors (Lipinski definition) is 1. The topological polar surface area (TPSA) is 91.2 Å². The summed E-state index contributed by atoms with van der Waals surface area (Å²) >= 11 is 1.25. The van der Waals surface area contributed by atoms with Gasteiger partial charge < -0.3 is 14.8 Å². The van der Waals surface area contributed by atoms with Crippen molar-refractivity contribution in [3.05, 3.63) is 48.5 Å². The lowest BCUT2D eigenvalue weighted by Crippen LogP contribution is -2.23. The highest BCUT2D eigenvalue weighted by atomic mass is 32.2. The summed E-state index contributed by atoms with van der Waals surface area (Å²) < 4.78 is 12.2. The number of carbonyl (C=O) groups excluding carboxylic acids is 1. The highest BCUT2D eigenvalue weighted by Gasteiger charge is 2.21. The number of carbonyl (C=O) groups is 1. The molecule has 8 nitrogen and oxygen atoms in total. The van der Waals surface area contributed by atoms with E-state index in [4.69, 9.17) is 9.47 Å². The molecule has 0 saturated heterocycles. The van der Waals surface area contributed by atoms with Crippen LogP contribution in [0.25, 0.3) is 5.69 Å². The molecule has 2 aromatic carbocycles. The predicted molar refractivity (Wildman–Crippen MR) is 103 cm³/mol. The van der Waals surface area contributed by atoms with Crippen LogP contribution in [0.5, 0.6) is 11.5 Å². The van der Waals surface area contributed by atoms with Crippen molar-refractivity contribution < 1.29 is 14.3 Å². The first-order valence-corrected chi connectivity index (χ1v) is 9.04. The van der Waals surface area contributed by atoms with Gasteiger partial charge in [-0.1, -0.05) is 36.0 Å². The van der Waals surface area contributed by atoms with Crippen molar-refractivity contribution in [3.63, 3.8) is 0 Å². The van der Waals surface area contributed by atoms with E-state index >= 15 is 0 Å². The highest BCUT2D eigenvalue weighted by Crippen LogP contribution is 2.29. The Hall–Kier alpha value is -3.07. The minimum Gasteiger partial charge on any atom is -0.495 e. The molecule has 1 atom stereocenters. The van der Waals surface area contributed by atoms with Crippen LogP contribution in [0.2, 0.25) is 0 Å². The minimum atomic E-state index is -0.436. The third-order valence-corrected chi connectivity index (χ3v) is 4.80. The van der Waals surface area contributed by atoms with Crippen LogP contribution < -0.4 is 14.8 Å². The van der Waals surface area contributed by atoms with Gasteiger partial charge in [-0.25, -0.2) is 0 Å². The van der Waals surface area contributed by atoms with Gasteiger partial charge in [0.05, 0.1) is 25.2 Å². The molecule has 0 radical (unpaired) electrons. The van der Waals surface area contributed by atoms with Gasteiger partial charge in [0.1, 0.15) is 17.2 Å². The molecule has 3 rings (SSSR count). The van der Waals surface area contributed by atoms with Crippen LogP contribution in [0.15, 0.2) is 53.7 Å². The summed E-state index contributed by atoms with van der Waals surface area (Å²) in [6, 6.07) is 14.6. The molecule has 0 bridgehead atoms. The Labute approximate surface area is 160 Å². The number of para-hydroxylation sites is 4. The maximum absolute atomic E-state index is 12.6. The van der Waals surface area contributed by atoms with Crippen LogP contribution in [0.1, 0.15) is 6.92 Å².